The number of carbonyl (C=O) groups excluding carboxylic acids is 1. The number of rotatable bonds is 0. The molecule has 1 fully saturated rings. The molecule has 0 amide bonds. The summed E-state index contributed by atoms with van der Waals surface area (Å²) in [4.78, 5) is 12.1. The number of anilines is 1. The maximum absolute atomic E-state index is 13.8. The van der Waals surface area contributed by atoms with Gasteiger partial charge in [-0.2, -0.15) is 0 Å². The largest absolute Gasteiger partial charge is 0.376 e. The van der Waals surface area contributed by atoms with Crippen LogP contribution in [0.25, 0.3) is 0 Å². The molecule has 2 aliphatic heterocycles. The van der Waals surface area contributed by atoms with Crippen LogP contribution in [0.1, 0.15) is 29.6 Å². The molecule has 2 N–H and O–H groups in total. The van der Waals surface area contributed by atoms with Gasteiger partial charge in [0.05, 0.1) is 5.69 Å². The molecule has 0 unspecified atom stereocenters. The molecule has 1 aromatic rings. The first-order valence-electron chi connectivity index (χ1n) is 6.01. The molecule has 90 valence electrons. The quantitative estimate of drug-likeness (QED) is 0.721. The summed E-state index contributed by atoms with van der Waals surface area (Å²) in [6.07, 6.45) is 2.21. The van der Waals surface area contributed by atoms with Crippen LogP contribution in [0, 0.1) is 5.82 Å². The summed E-state index contributed by atoms with van der Waals surface area (Å²) in [6.45, 7) is 1.76. The second kappa shape index (κ2) is 3.81. The number of carbonyl (C=O) groups is 1. The van der Waals surface area contributed by atoms with Gasteiger partial charge in [-0.25, -0.2) is 4.39 Å². The summed E-state index contributed by atoms with van der Waals surface area (Å²) in [5, 5.41) is 6.54. The molecule has 0 radical (unpaired) electrons. The molecule has 2 heterocycles. The first-order valence-corrected chi connectivity index (χ1v) is 6.01. The van der Waals surface area contributed by atoms with Crippen LogP contribution in [0.2, 0.25) is 0 Å². The van der Waals surface area contributed by atoms with E-state index in [2.05, 4.69) is 10.6 Å². The first-order chi connectivity index (χ1) is 8.20. The number of nitrogens with one attached hydrogen (secondary N) is 2. The highest BCUT2D eigenvalue weighted by atomic mass is 19.1. The summed E-state index contributed by atoms with van der Waals surface area (Å²) < 4.78 is 13.8. The van der Waals surface area contributed by atoms with Crippen LogP contribution in [0.3, 0.4) is 0 Å². The van der Waals surface area contributed by atoms with Gasteiger partial charge in [-0.3, -0.25) is 4.79 Å². The molecule has 0 atom stereocenters. The van der Waals surface area contributed by atoms with E-state index in [0.717, 1.165) is 25.9 Å². The predicted octanol–water partition coefficient (Wildman–Crippen LogP) is 1.95. The summed E-state index contributed by atoms with van der Waals surface area (Å²) in [6, 6.07) is 4.69. The highest BCUT2D eigenvalue weighted by Gasteiger charge is 2.39. The summed E-state index contributed by atoms with van der Waals surface area (Å²) in [7, 11) is 0. The zero-order chi connectivity index (χ0) is 11.9. The van der Waals surface area contributed by atoms with Gasteiger partial charge in [-0.05, 0) is 38.1 Å². The molecule has 4 heteroatoms. The normalized spacial score (nSPS) is 22.1. The molecule has 0 aromatic heterocycles. The van der Waals surface area contributed by atoms with Crippen molar-refractivity contribution in [3.8, 4) is 0 Å². The van der Waals surface area contributed by atoms with Gasteiger partial charge < -0.3 is 10.6 Å². The zero-order valence-electron chi connectivity index (χ0n) is 9.55. The van der Waals surface area contributed by atoms with E-state index in [4.69, 9.17) is 0 Å². The fraction of sp³-hybridized carbons (Fsp3) is 0.462. The minimum atomic E-state index is -0.326. The van der Waals surface area contributed by atoms with Crippen molar-refractivity contribution in [1.82, 2.24) is 5.32 Å². The van der Waals surface area contributed by atoms with Gasteiger partial charge in [0.1, 0.15) is 5.82 Å². The molecular weight excluding hydrogens is 219 g/mol. The SMILES string of the molecule is O=C1CC2(CCNCC2)Nc2c(F)cccc21. The van der Waals surface area contributed by atoms with Gasteiger partial charge in [-0.1, -0.05) is 6.07 Å². The third-order valence-corrected chi connectivity index (χ3v) is 3.76. The van der Waals surface area contributed by atoms with Gasteiger partial charge >= 0.3 is 0 Å². The van der Waals surface area contributed by atoms with Crippen LogP contribution >= 0.6 is 0 Å². The lowest BCUT2D eigenvalue weighted by atomic mass is 9.79. The highest BCUT2D eigenvalue weighted by Crippen LogP contribution is 2.37. The number of benzene rings is 1. The minimum absolute atomic E-state index is 0.0557. The first kappa shape index (κ1) is 10.7. The number of hydrogen-bond donors (Lipinski definition) is 2. The highest BCUT2D eigenvalue weighted by molar-refractivity contribution is 6.04. The number of para-hydroxylation sites is 1. The van der Waals surface area contributed by atoms with Gasteiger partial charge in [0.25, 0.3) is 0 Å². The van der Waals surface area contributed by atoms with Crippen molar-refractivity contribution in [1.29, 1.82) is 0 Å². The van der Waals surface area contributed by atoms with Crippen molar-refractivity contribution < 1.29 is 9.18 Å². The Balaban J connectivity index is 2.02. The lowest BCUT2D eigenvalue weighted by molar-refractivity contribution is 0.0936. The molecule has 1 saturated heterocycles. The Hall–Kier alpha value is -1.42. The van der Waals surface area contributed by atoms with Crippen molar-refractivity contribution >= 4 is 11.5 Å². The number of Topliss-reactive ketones (excluding diaryl/α,β-unsaturated/α-hetero) is 1. The standard InChI is InChI=1S/C13H15FN2O/c14-10-3-1-2-9-11(17)8-13(16-12(9)10)4-6-15-7-5-13/h1-3,15-16H,4-8H2. The van der Waals surface area contributed by atoms with E-state index < -0.39 is 0 Å². The van der Waals surface area contributed by atoms with E-state index in [0.29, 0.717) is 17.7 Å². The van der Waals surface area contributed by atoms with E-state index >= 15 is 0 Å². The van der Waals surface area contributed by atoms with Crippen LogP contribution < -0.4 is 10.6 Å². The summed E-state index contributed by atoms with van der Waals surface area (Å²) in [5.74, 6) is -0.270. The summed E-state index contributed by atoms with van der Waals surface area (Å²) in [5.41, 5.74) is 0.650. The maximum atomic E-state index is 13.8. The average molecular weight is 234 g/mol. The predicted molar refractivity (Wildman–Crippen MR) is 63.8 cm³/mol. The molecule has 0 aliphatic carbocycles. The zero-order valence-corrected chi connectivity index (χ0v) is 9.55. The number of halogens is 1. The Labute approximate surface area is 99.4 Å². The molecule has 1 spiro atoms. The molecule has 0 saturated carbocycles. The summed E-state index contributed by atoms with van der Waals surface area (Å²) >= 11 is 0. The number of fused-ring (bicyclic) bond motifs is 1. The van der Waals surface area contributed by atoms with Gasteiger partial charge in [0.15, 0.2) is 5.78 Å². The van der Waals surface area contributed by atoms with Gasteiger partial charge in [-0.15, -0.1) is 0 Å². The van der Waals surface area contributed by atoms with Crippen molar-refractivity contribution in [2.24, 2.45) is 0 Å². The monoisotopic (exact) mass is 234 g/mol. The van der Waals surface area contributed by atoms with Crippen LogP contribution in [0.15, 0.2) is 18.2 Å². The van der Waals surface area contributed by atoms with E-state index in [1.54, 1.807) is 12.1 Å². The van der Waals surface area contributed by atoms with Gasteiger partial charge in [0.2, 0.25) is 0 Å². The van der Waals surface area contributed by atoms with Crippen LogP contribution in [-0.2, 0) is 0 Å². The van der Waals surface area contributed by atoms with Crippen molar-refractivity contribution in [3.63, 3.8) is 0 Å². The van der Waals surface area contributed by atoms with Crippen molar-refractivity contribution in [2.75, 3.05) is 18.4 Å². The lowest BCUT2D eigenvalue weighted by Gasteiger charge is -2.42. The fourth-order valence-electron chi connectivity index (χ4n) is 2.80. The Morgan fingerprint density at radius 3 is 2.76 bits per heavy atom. The molecule has 17 heavy (non-hydrogen) atoms. The van der Waals surface area contributed by atoms with Gasteiger partial charge in [0, 0.05) is 17.5 Å². The number of hydrogen-bond acceptors (Lipinski definition) is 3. The van der Waals surface area contributed by atoms with Crippen LogP contribution in [0.5, 0.6) is 0 Å². The molecular formula is C13H15FN2O. The van der Waals surface area contributed by atoms with Crippen LogP contribution in [0.4, 0.5) is 10.1 Å². The molecule has 3 nitrogen and oxygen atoms in total. The second-order valence-corrected chi connectivity index (χ2v) is 4.92. The van der Waals surface area contributed by atoms with E-state index in [-0.39, 0.29) is 17.1 Å². The molecule has 0 bridgehead atoms. The van der Waals surface area contributed by atoms with Crippen LogP contribution in [-0.4, -0.2) is 24.4 Å². The number of piperidine rings is 1. The lowest BCUT2D eigenvalue weighted by Crippen LogP contribution is -2.51. The van der Waals surface area contributed by atoms with E-state index in [9.17, 15) is 9.18 Å². The fourth-order valence-corrected chi connectivity index (χ4v) is 2.80. The molecule has 3 rings (SSSR count). The smallest absolute Gasteiger partial charge is 0.167 e. The second-order valence-electron chi connectivity index (χ2n) is 4.92. The van der Waals surface area contributed by atoms with Crippen molar-refractivity contribution in [3.05, 3.63) is 29.6 Å². The van der Waals surface area contributed by atoms with E-state index in [1.165, 1.54) is 6.07 Å². The Kier molecular flexibility index (Phi) is 2.40. The minimum Gasteiger partial charge on any atom is -0.376 e. The maximum Gasteiger partial charge on any atom is 0.167 e. The Morgan fingerprint density at radius 2 is 2.00 bits per heavy atom. The van der Waals surface area contributed by atoms with E-state index in [1.807, 2.05) is 0 Å². The van der Waals surface area contributed by atoms with Crippen molar-refractivity contribution in [2.45, 2.75) is 24.8 Å². The third-order valence-electron chi connectivity index (χ3n) is 3.76. The Morgan fingerprint density at radius 1 is 1.24 bits per heavy atom. The average Bonchev–Trinajstić information content (AvgIpc) is 2.32. The molecule has 1 aromatic carbocycles. The third kappa shape index (κ3) is 1.72. The topological polar surface area (TPSA) is 41.1 Å². The number of ketones is 1. The molecule has 2 aliphatic rings. The Bertz CT molecular complexity index is 466.